The third-order valence-electron chi connectivity index (χ3n) is 7.37. The third kappa shape index (κ3) is 4.06. The largest absolute Gasteiger partial charge is 0.255 e. The Kier molecular flexibility index (Phi) is 5.61. The Labute approximate surface area is 240 Å². The second kappa shape index (κ2) is 9.73. The van der Waals surface area contributed by atoms with Crippen molar-refractivity contribution in [2.45, 2.75) is 0 Å². The fraction of sp³-hybridized carbons (Fsp3) is 0. The summed E-state index contributed by atoms with van der Waals surface area (Å²) in [6.45, 7) is 0. The first-order valence-corrected chi connectivity index (χ1v) is 14.3. The van der Waals surface area contributed by atoms with E-state index in [-0.39, 0.29) is 0 Å². The molecule has 0 saturated carbocycles. The zero-order chi connectivity index (χ0) is 27.2. The van der Waals surface area contributed by atoms with Gasteiger partial charge in [0, 0.05) is 49.1 Å². The lowest BCUT2D eigenvalue weighted by molar-refractivity contribution is 1.22. The maximum atomic E-state index is 5.43. The van der Waals surface area contributed by atoms with Crippen molar-refractivity contribution in [1.82, 2.24) is 19.9 Å². The van der Waals surface area contributed by atoms with Crippen LogP contribution in [-0.4, -0.2) is 19.9 Å². The van der Waals surface area contributed by atoms with Gasteiger partial charge in [-0.15, -0.1) is 11.3 Å². The van der Waals surface area contributed by atoms with E-state index in [0.717, 1.165) is 56.1 Å². The van der Waals surface area contributed by atoms with E-state index in [2.05, 4.69) is 88.8 Å². The molecule has 4 nitrogen and oxygen atoms in total. The van der Waals surface area contributed by atoms with Gasteiger partial charge in [0.2, 0.25) is 0 Å². The van der Waals surface area contributed by atoms with Crippen molar-refractivity contribution in [2.75, 3.05) is 0 Å². The monoisotopic (exact) mass is 542 g/mol. The highest BCUT2D eigenvalue weighted by atomic mass is 32.1. The number of hydrogen-bond acceptors (Lipinski definition) is 5. The fourth-order valence-electron chi connectivity index (χ4n) is 5.50. The van der Waals surface area contributed by atoms with Gasteiger partial charge in [0.15, 0.2) is 0 Å². The molecule has 0 radical (unpaired) electrons. The van der Waals surface area contributed by atoms with Crippen LogP contribution in [0.3, 0.4) is 0 Å². The molecule has 0 amide bonds. The SMILES string of the molecule is c1ccc(-c2nc3c(-c4cc(-c5ccccn5)nc(-c5ccccn5)c4)cccc3c3sc4ccccc4c23)cc1. The van der Waals surface area contributed by atoms with Gasteiger partial charge in [-0.05, 0) is 48.0 Å². The van der Waals surface area contributed by atoms with Crippen LogP contribution in [0, 0.1) is 0 Å². The lowest BCUT2D eigenvalue weighted by Gasteiger charge is -2.13. The number of thiophene rings is 1. The second-order valence-electron chi connectivity index (χ2n) is 9.89. The van der Waals surface area contributed by atoms with E-state index in [1.54, 1.807) is 12.4 Å². The van der Waals surface area contributed by atoms with E-state index in [1.165, 1.54) is 20.2 Å². The summed E-state index contributed by atoms with van der Waals surface area (Å²) in [5.41, 5.74) is 8.38. The van der Waals surface area contributed by atoms with Crippen molar-refractivity contribution in [1.29, 1.82) is 0 Å². The molecule has 0 N–H and O–H groups in total. The standard InChI is InChI=1S/C36H22N4S/c1-2-11-23(12-3-1)34-33-26-13-4-5-18-32(26)41-36(33)27-15-10-14-25(35(27)40-34)24-21-30(28-16-6-8-19-37-28)39-31(22-24)29-17-7-9-20-38-29/h1-22H. The molecule has 192 valence electrons. The Balaban J connectivity index is 1.46. The van der Waals surface area contributed by atoms with Crippen molar-refractivity contribution in [3.05, 3.63) is 134 Å². The van der Waals surface area contributed by atoms with Gasteiger partial charge in [-0.25, -0.2) is 9.97 Å². The molecule has 0 atom stereocenters. The lowest BCUT2D eigenvalue weighted by atomic mass is 9.97. The summed E-state index contributed by atoms with van der Waals surface area (Å²) >= 11 is 1.83. The molecule has 41 heavy (non-hydrogen) atoms. The van der Waals surface area contributed by atoms with Crippen LogP contribution in [0.4, 0.5) is 0 Å². The number of benzene rings is 3. The highest BCUT2D eigenvalue weighted by Gasteiger charge is 2.19. The Morgan fingerprint density at radius 1 is 0.488 bits per heavy atom. The highest BCUT2D eigenvalue weighted by Crippen LogP contribution is 2.44. The normalized spacial score (nSPS) is 11.4. The van der Waals surface area contributed by atoms with Gasteiger partial charge < -0.3 is 0 Å². The number of rotatable bonds is 4. The number of para-hydroxylation sites is 1. The van der Waals surface area contributed by atoms with Crippen molar-refractivity contribution in [2.24, 2.45) is 0 Å². The van der Waals surface area contributed by atoms with Gasteiger partial charge in [-0.1, -0.05) is 78.9 Å². The highest BCUT2D eigenvalue weighted by molar-refractivity contribution is 7.26. The maximum absolute atomic E-state index is 5.43. The average molecular weight is 543 g/mol. The van der Waals surface area contributed by atoms with Crippen LogP contribution in [0.15, 0.2) is 134 Å². The lowest BCUT2D eigenvalue weighted by Crippen LogP contribution is -1.95. The van der Waals surface area contributed by atoms with Gasteiger partial charge in [-0.2, -0.15) is 0 Å². The van der Waals surface area contributed by atoms with Gasteiger partial charge in [0.1, 0.15) is 0 Å². The first-order valence-electron chi connectivity index (χ1n) is 13.5. The number of hydrogen-bond donors (Lipinski definition) is 0. The summed E-state index contributed by atoms with van der Waals surface area (Å²) in [5, 5.41) is 3.60. The van der Waals surface area contributed by atoms with Crippen LogP contribution in [0.5, 0.6) is 0 Å². The quantitative estimate of drug-likeness (QED) is 0.222. The molecular formula is C36H22N4S. The van der Waals surface area contributed by atoms with Crippen molar-refractivity contribution in [3.63, 3.8) is 0 Å². The zero-order valence-corrected chi connectivity index (χ0v) is 22.7. The Morgan fingerprint density at radius 2 is 1.15 bits per heavy atom. The molecule has 0 fully saturated rings. The summed E-state index contributed by atoms with van der Waals surface area (Å²) in [6, 6.07) is 41.6. The van der Waals surface area contributed by atoms with Crippen LogP contribution in [0.25, 0.3) is 76.2 Å². The minimum absolute atomic E-state index is 0.798. The van der Waals surface area contributed by atoms with E-state index in [4.69, 9.17) is 9.97 Å². The number of fused-ring (bicyclic) bond motifs is 5. The number of pyridine rings is 4. The summed E-state index contributed by atoms with van der Waals surface area (Å²) in [7, 11) is 0. The molecule has 3 aromatic carbocycles. The van der Waals surface area contributed by atoms with Gasteiger partial charge in [-0.3, -0.25) is 9.97 Å². The van der Waals surface area contributed by atoms with Crippen LogP contribution < -0.4 is 0 Å². The average Bonchev–Trinajstić information content (AvgIpc) is 3.45. The van der Waals surface area contributed by atoms with Crippen LogP contribution in [-0.2, 0) is 0 Å². The molecule has 0 aliphatic heterocycles. The molecule has 0 aliphatic rings. The van der Waals surface area contributed by atoms with Crippen molar-refractivity contribution < 1.29 is 0 Å². The predicted octanol–water partition coefficient (Wildman–Crippen LogP) is 9.46. The van der Waals surface area contributed by atoms with Gasteiger partial charge >= 0.3 is 0 Å². The van der Waals surface area contributed by atoms with Crippen LogP contribution >= 0.6 is 11.3 Å². The summed E-state index contributed by atoms with van der Waals surface area (Å²) in [4.78, 5) is 19.6. The third-order valence-corrected chi connectivity index (χ3v) is 8.58. The zero-order valence-electron chi connectivity index (χ0n) is 21.9. The first kappa shape index (κ1) is 23.6. The molecule has 0 unspecified atom stereocenters. The predicted molar refractivity (Wildman–Crippen MR) is 170 cm³/mol. The molecular weight excluding hydrogens is 520 g/mol. The summed E-state index contributed by atoms with van der Waals surface area (Å²) in [5.74, 6) is 0. The molecule has 0 spiro atoms. The van der Waals surface area contributed by atoms with E-state index in [9.17, 15) is 0 Å². The molecule has 0 aliphatic carbocycles. The fourth-order valence-corrected chi connectivity index (χ4v) is 6.73. The summed E-state index contributed by atoms with van der Waals surface area (Å²) in [6.07, 6.45) is 3.60. The first-order chi connectivity index (χ1) is 20.3. The maximum Gasteiger partial charge on any atom is 0.0900 e. The van der Waals surface area contributed by atoms with Crippen molar-refractivity contribution in [3.8, 4) is 45.2 Å². The topological polar surface area (TPSA) is 51.6 Å². The number of aromatic nitrogens is 4. The van der Waals surface area contributed by atoms with Gasteiger partial charge in [0.05, 0.1) is 34.0 Å². The van der Waals surface area contributed by atoms with E-state index >= 15 is 0 Å². The Bertz CT molecular complexity index is 2130. The molecule has 5 aromatic heterocycles. The van der Waals surface area contributed by atoms with E-state index < -0.39 is 0 Å². The van der Waals surface area contributed by atoms with E-state index in [0.29, 0.717) is 0 Å². The van der Waals surface area contributed by atoms with Crippen LogP contribution in [0.2, 0.25) is 0 Å². The Hall–Kier alpha value is -5.26. The Morgan fingerprint density at radius 3 is 1.85 bits per heavy atom. The number of nitrogens with zero attached hydrogens (tertiary/aromatic N) is 4. The minimum atomic E-state index is 0.798. The molecule has 8 aromatic rings. The molecule has 5 heterocycles. The minimum Gasteiger partial charge on any atom is -0.255 e. The molecule has 0 bridgehead atoms. The summed E-state index contributed by atoms with van der Waals surface area (Å²) < 4.78 is 2.51. The second-order valence-corrected chi connectivity index (χ2v) is 10.9. The van der Waals surface area contributed by atoms with Crippen LogP contribution in [0.1, 0.15) is 0 Å². The van der Waals surface area contributed by atoms with Gasteiger partial charge in [0.25, 0.3) is 0 Å². The van der Waals surface area contributed by atoms with E-state index in [1.807, 2.05) is 53.8 Å². The molecule has 5 heteroatoms. The molecule has 0 saturated heterocycles. The smallest absolute Gasteiger partial charge is 0.0900 e. The van der Waals surface area contributed by atoms with Crippen molar-refractivity contribution >= 4 is 42.4 Å². The molecule has 8 rings (SSSR count).